The van der Waals surface area contributed by atoms with Crippen molar-refractivity contribution in [1.82, 2.24) is 8.80 Å². The average Bonchev–Trinajstić information content (AvgIpc) is 3.80. The van der Waals surface area contributed by atoms with Crippen LogP contribution in [0.4, 0.5) is 0 Å². The van der Waals surface area contributed by atoms with E-state index in [9.17, 15) is 0 Å². The van der Waals surface area contributed by atoms with E-state index in [0.29, 0.717) is 0 Å². The Labute approximate surface area is 290 Å². The maximum absolute atomic E-state index is 2.57. The number of aromatic nitrogens is 2. The lowest BCUT2D eigenvalue weighted by Crippen LogP contribution is -1.90. The third-order valence-corrected chi connectivity index (χ3v) is 11.7. The van der Waals surface area contributed by atoms with Crippen LogP contribution in [0.15, 0.2) is 109 Å². The Hall–Kier alpha value is -5.86. The van der Waals surface area contributed by atoms with Gasteiger partial charge in [-0.15, -0.1) is 0 Å². The molecule has 0 aliphatic heterocycles. The lowest BCUT2D eigenvalue weighted by Gasteiger charge is -2.12. The Morgan fingerprint density at radius 2 is 0.680 bits per heavy atom. The van der Waals surface area contributed by atoms with Crippen molar-refractivity contribution in [2.45, 2.75) is 41.5 Å². The van der Waals surface area contributed by atoms with Crippen LogP contribution >= 0.6 is 0 Å². The zero-order chi connectivity index (χ0) is 33.7. The number of fused-ring (bicyclic) bond motifs is 14. The predicted octanol–water partition coefficient (Wildman–Crippen LogP) is 13.2. The van der Waals surface area contributed by atoms with Crippen molar-refractivity contribution in [1.29, 1.82) is 0 Å². The van der Waals surface area contributed by atoms with Crippen molar-refractivity contribution < 1.29 is 0 Å². The zero-order valence-corrected chi connectivity index (χ0v) is 29.3. The largest absolute Gasteiger partial charge is 0.308 e. The number of rotatable bonds is 2. The van der Waals surface area contributed by atoms with Crippen molar-refractivity contribution in [3.8, 4) is 22.3 Å². The third-order valence-electron chi connectivity index (χ3n) is 11.7. The smallest absolute Gasteiger partial charge is 0.0634 e. The van der Waals surface area contributed by atoms with Gasteiger partial charge < -0.3 is 8.80 Å². The molecule has 0 radical (unpaired) electrons. The molecule has 0 bridgehead atoms. The van der Waals surface area contributed by atoms with Crippen molar-refractivity contribution in [2.75, 3.05) is 0 Å². The average molecular weight is 641 g/mol. The Bertz CT molecular complexity index is 2990. The topological polar surface area (TPSA) is 8.82 Å². The number of hydrogen-bond donors (Lipinski definition) is 0. The summed E-state index contributed by atoms with van der Waals surface area (Å²) in [6.45, 7) is 13.4. The highest BCUT2D eigenvalue weighted by molar-refractivity contribution is 6.45. The van der Waals surface area contributed by atoms with E-state index in [0.717, 1.165) is 0 Å². The minimum Gasteiger partial charge on any atom is -0.308 e. The SMILES string of the molecule is Cc1cc(C)c(-c2ccc3c4c5c6ccccc6n6c7cc(-c8c(C)cc(C)cc8C)ccc7c(c7c8ccccc8n(c3c2)c74)c56)c(C)c1. The molecule has 0 N–H and O–H groups in total. The van der Waals surface area contributed by atoms with E-state index in [1.807, 2.05) is 0 Å². The van der Waals surface area contributed by atoms with Gasteiger partial charge in [-0.05, 0) is 110 Å². The first-order valence-corrected chi connectivity index (χ1v) is 17.8. The van der Waals surface area contributed by atoms with Gasteiger partial charge in [0.25, 0.3) is 0 Å². The van der Waals surface area contributed by atoms with Crippen LogP contribution in [0.1, 0.15) is 33.4 Å². The second-order valence-electron chi connectivity index (χ2n) is 14.9. The molecule has 238 valence electrons. The van der Waals surface area contributed by atoms with E-state index < -0.39 is 0 Å². The van der Waals surface area contributed by atoms with Gasteiger partial charge in [0.2, 0.25) is 0 Å². The van der Waals surface area contributed by atoms with E-state index in [4.69, 9.17) is 0 Å². The summed E-state index contributed by atoms with van der Waals surface area (Å²) in [7, 11) is 0. The first-order chi connectivity index (χ1) is 24.3. The summed E-state index contributed by atoms with van der Waals surface area (Å²) in [4.78, 5) is 0. The van der Waals surface area contributed by atoms with Gasteiger partial charge in [0.15, 0.2) is 0 Å². The molecule has 11 rings (SSSR count). The molecule has 0 spiro atoms. The molecule has 0 amide bonds. The zero-order valence-electron chi connectivity index (χ0n) is 29.3. The Morgan fingerprint density at radius 1 is 0.340 bits per heavy atom. The van der Waals surface area contributed by atoms with E-state index in [1.54, 1.807) is 0 Å². The van der Waals surface area contributed by atoms with Crippen molar-refractivity contribution in [3.63, 3.8) is 0 Å². The van der Waals surface area contributed by atoms with Gasteiger partial charge in [0.05, 0.1) is 33.1 Å². The maximum atomic E-state index is 2.57. The highest BCUT2D eigenvalue weighted by Gasteiger charge is 2.29. The van der Waals surface area contributed by atoms with Crippen LogP contribution < -0.4 is 0 Å². The number of aryl methyl sites for hydroxylation is 6. The van der Waals surface area contributed by atoms with Gasteiger partial charge >= 0.3 is 0 Å². The first-order valence-electron chi connectivity index (χ1n) is 17.8. The fourth-order valence-electron chi connectivity index (χ4n) is 10.2. The molecule has 0 aliphatic rings. The molecule has 2 nitrogen and oxygen atoms in total. The van der Waals surface area contributed by atoms with Gasteiger partial charge in [-0.2, -0.15) is 0 Å². The van der Waals surface area contributed by atoms with Crippen LogP contribution in [0.3, 0.4) is 0 Å². The molecule has 0 fully saturated rings. The molecule has 4 heterocycles. The Morgan fingerprint density at radius 3 is 1.06 bits per heavy atom. The molecule has 0 saturated heterocycles. The summed E-state index contributed by atoms with van der Waals surface area (Å²) >= 11 is 0. The second kappa shape index (κ2) is 9.43. The minimum absolute atomic E-state index is 1.27. The summed E-state index contributed by atoms with van der Waals surface area (Å²) in [6.07, 6.45) is 0. The summed E-state index contributed by atoms with van der Waals surface area (Å²) in [5, 5.41) is 10.7. The molecule has 0 saturated carbocycles. The molecule has 2 heteroatoms. The standard InChI is InChI=1S/C48H36N2/c1-25-19-27(3)41(28(4)20-25)31-15-17-35-39(23-31)49-37-13-9-7-11-33(37)44-46-36-18-16-32(42-29(5)21-26(2)22-30(42)6)24-40(36)50-38-14-10-8-12-34(38)43(48(46)50)45(35)47(44)49/h7-24H,1-6H3. The second-order valence-corrected chi connectivity index (χ2v) is 14.9. The van der Waals surface area contributed by atoms with E-state index in [1.165, 1.54) is 132 Å². The molecule has 7 aromatic carbocycles. The van der Waals surface area contributed by atoms with Crippen LogP contribution in [0.2, 0.25) is 0 Å². The fourth-order valence-corrected chi connectivity index (χ4v) is 10.2. The molecule has 0 atom stereocenters. The molecule has 11 aromatic rings. The lowest BCUT2D eigenvalue weighted by atomic mass is 9.92. The van der Waals surface area contributed by atoms with E-state index in [2.05, 4.69) is 160 Å². The lowest BCUT2D eigenvalue weighted by molar-refractivity contribution is 1.32. The van der Waals surface area contributed by atoms with Gasteiger partial charge in [0, 0.05) is 43.1 Å². The molecule has 4 aromatic heterocycles. The van der Waals surface area contributed by atoms with Crippen LogP contribution in [-0.2, 0) is 0 Å². The number of para-hydroxylation sites is 2. The van der Waals surface area contributed by atoms with Gasteiger partial charge in [-0.3, -0.25) is 0 Å². The quantitative estimate of drug-likeness (QED) is 0.178. The first kappa shape index (κ1) is 28.0. The number of hydrogen-bond acceptors (Lipinski definition) is 0. The summed E-state index contributed by atoms with van der Waals surface area (Å²) in [6, 6.07) is 41.8. The highest BCUT2D eigenvalue weighted by atomic mass is 14.9. The summed E-state index contributed by atoms with van der Waals surface area (Å²) < 4.78 is 5.15. The molecular formula is C48H36N2. The number of benzene rings is 7. The normalized spacial score (nSPS) is 12.6. The molecule has 0 unspecified atom stereocenters. The minimum atomic E-state index is 1.27. The van der Waals surface area contributed by atoms with Crippen LogP contribution in [-0.4, -0.2) is 8.80 Å². The monoisotopic (exact) mass is 640 g/mol. The van der Waals surface area contributed by atoms with Crippen LogP contribution in [0.5, 0.6) is 0 Å². The highest BCUT2D eigenvalue weighted by Crippen LogP contribution is 2.52. The van der Waals surface area contributed by atoms with Crippen molar-refractivity contribution in [2.24, 2.45) is 0 Å². The summed E-state index contributed by atoms with van der Waals surface area (Å²) in [5.41, 5.74) is 21.0. The van der Waals surface area contributed by atoms with E-state index in [-0.39, 0.29) is 0 Å². The number of nitrogens with zero attached hydrogens (tertiary/aromatic N) is 2. The van der Waals surface area contributed by atoms with E-state index >= 15 is 0 Å². The van der Waals surface area contributed by atoms with Crippen LogP contribution in [0.25, 0.3) is 98.4 Å². The predicted molar refractivity (Wildman–Crippen MR) is 215 cm³/mol. The third kappa shape index (κ3) is 3.34. The van der Waals surface area contributed by atoms with Crippen LogP contribution in [0, 0.1) is 41.5 Å². The van der Waals surface area contributed by atoms with Gasteiger partial charge in [-0.25, -0.2) is 0 Å². The van der Waals surface area contributed by atoms with Crippen molar-refractivity contribution >= 4 is 76.2 Å². The molecule has 0 aliphatic carbocycles. The maximum Gasteiger partial charge on any atom is 0.0634 e. The van der Waals surface area contributed by atoms with Gasteiger partial charge in [0.1, 0.15) is 0 Å². The molecular weight excluding hydrogens is 605 g/mol. The van der Waals surface area contributed by atoms with Crippen molar-refractivity contribution in [3.05, 3.63) is 143 Å². The molecule has 50 heavy (non-hydrogen) atoms. The Balaban J connectivity index is 1.37. The Kier molecular flexibility index (Phi) is 5.28. The van der Waals surface area contributed by atoms with Gasteiger partial charge in [-0.1, -0.05) is 96.1 Å². The summed E-state index contributed by atoms with van der Waals surface area (Å²) in [5.74, 6) is 0. The fraction of sp³-hybridized carbons (Fsp3) is 0.125.